The average molecular weight is 439 g/mol. The van der Waals surface area contributed by atoms with Crippen molar-refractivity contribution in [3.63, 3.8) is 0 Å². The summed E-state index contributed by atoms with van der Waals surface area (Å²) in [5.74, 6) is -1.22. The van der Waals surface area contributed by atoms with E-state index in [0.717, 1.165) is 12.8 Å². The molecule has 176 valence electrons. The Balaban J connectivity index is 5.42. The first kappa shape index (κ1) is 28.9. The fourth-order valence-electron chi connectivity index (χ4n) is 3.44. The summed E-state index contributed by atoms with van der Waals surface area (Å²) < 4.78 is 41.7. The van der Waals surface area contributed by atoms with Gasteiger partial charge in [-0.3, -0.25) is 0 Å². The Morgan fingerprint density at radius 3 is 1.76 bits per heavy atom. The topological polar surface area (TPSA) is 64.6 Å². The molecule has 0 saturated carbocycles. The lowest BCUT2D eigenvalue weighted by molar-refractivity contribution is -0.367. The molecule has 0 amide bonds. The van der Waals surface area contributed by atoms with Gasteiger partial charge in [0.2, 0.25) is 12.1 Å². The number of unbranched alkanes of at least 4 members (excludes halogenated alkanes) is 5. The molecule has 8 heteroatoms. The highest BCUT2D eigenvalue weighted by Gasteiger charge is 2.53. The van der Waals surface area contributed by atoms with Gasteiger partial charge in [0.25, 0.3) is 0 Å². The van der Waals surface area contributed by atoms with Gasteiger partial charge in [-0.25, -0.2) is 0 Å². The molecule has 0 aliphatic carbocycles. The first-order chi connectivity index (χ1) is 14.0. The normalized spacial score (nSPS) is 14.9. The molecule has 2 atom stereocenters. The van der Waals surface area contributed by atoms with Gasteiger partial charge in [-0.2, -0.15) is 0 Å². The van der Waals surface area contributed by atoms with Crippen molar-refractivity contribution in [2.75, 3.05) is 41.2 Å². The maximum Gasteiger partial charge on any atom is 0.502 e. The molecule has 2 unspecified atom stereocenters. The van der Waals surface area contributed by atoms with Gasteiger partial charge >= 0.3 is 8.80 Å². The van der Waals surface area contributed by atoms with Crippen LogP contribution in [0.3, 0.4) is 0 Å². The van der Waals surface area contributed by atoms with Gasteiger partial charge in [-0.05, 0) is 34.1 Å². The molecule has 0 aromatic heterocycles. The molecule has 0 aromatic carbocycles. The minimum Gasteiger partial charge on any atom is -0.377 e. The summed E-state index contributed by atoms with van der Waals surface area (Å²) in [5.41, 5.74) is 0. The smallest absolute Gasteiger partial charge is 0.377 e. The maximum atomic E-state index is 6.39. The van der Waals surface area contributed by atoms with Crippen LogP contribution in [0.25, 0.3) is 0 Å². The molecule has 0 aliphatic rings. The molecule has 29 heavy (non-hydrogen) atoms. The average Bonchev–Trinajstić information content (AvgIpc) is 2.73. The molecule has 7 nitrogen and oxygen atoms in total. The lowest BCUT2D eigenvalue weighted by Crippen LogP contribution is -2.62. The summed E-state index contributed by atoms with van der Waals surface area (Å²) >= 11 is 0. The quantitative estimate of drug-likeness (QED) is 0.154. The van der Waals surface area contributed by atoms with Crippen LogP contribution in [-0.4, -0.2) is 68.1 Å². The van der Waals surface area contributed by atoms with Crippen molar-refractivity contribution in [2.45, 2.75) is 97.4 Å². The van der Waals surface area contributed by atoms with Crippen molar-refractivity contribution in [3.05, 3.63) is 0 Å². The standard InChI is InChI=1S/C21H46O7Si/c1-9-13-14-15-16-17-18-29(23-7,24-8)28-20(22-6)21(26-11-3,27-12-4)19(5)25-10-2/h19-20H,9-18H2,1-8H3. The van der Waals surface area contributed by atoms with E-state index in [1.54, 1.807) is 21.3 Å². The Bertz CT molecular complexity index is 374. The van der Waals surface area contributed by atoms with Crippen LogP contribution >= 0.6 is 0 Å². The molecule has 0 fully saturated rings. The Labute approximate surface area is 180 Å². The van der Waals surface area contributed by atoms with Crippen LogP contribution in [0.15, 0.2) is 0 Å². The Hall–Kier alpha value is -0.0631. The summed E-state index contributed by atoms with van der Waals surface area (Å²) in [5, 5.41) is 0. The zero-order valence-corrected chi connectivity index (χ0v) is 21.1. The van der Waals surface area contributed by atoms with Gasteiger partial charge in [0.05, 0.1) is 0 Å². The number of methoxy groups -OCH3 is 1. The molecular formula is C21H46O7Si. The van der Waals surface area contributed by atoms with Gasteiger partial charge < -0.3 is 32.2 Å². The van der Waals surface area contributed by atoms with Gasteiger partial charge in [-0.15, -0.1) is 0 Å². The second kappa shape index (κ2) is 16.6. The van der Waals surface area contributed by atoms with E-state index in [0.29, 0.717) is 25.9 Å². The second-order valence-corrected chi connectivity index (χ2v) is 9.90. The predicted molar refractivity (Wildman–Crippen MR) is 117 cm³/mol. The minimum atomic E-state index is -2.97. The van der Waals surface area contributed by atoms with Crippen molar-refractivity contribution in [3.8, 4) is 0 Å². The van der Waals surface area contributed by atoms with Crippen LogP contribution in [0.2, 0.25) is 6.04 Å². The van der Waals surface area contributed by atoms with Crippen molar-refractivity contribution in [1.82, 2.24) is 0 Å². The lowest BCUT2D eigenvalue weighted by atomic mass is 10.1. The maximum absolute atomic E-state index is 6.39. The molecule has 0 saturated heterocycles. The van der Waals surface area contributed by atoms with Crippen LogP contribution in [0.4, 0.5) is 0 Å². The summed E-state index contributed by atoms with van der Waals surface area (Å²) in [4.78, 5) is 0. The monoisotopic (exact) mass is 438 g/mol. The highest BCUT2D eigenvalue weighted by Crippen LogP contribution is 2.32. The molecule has 0 bridgehead atoms. The fourth-order valence-corrected chi connectivity index (χ4v) is 5.60. The summed E-state index contributed by atoms with van der Waals surface area (Å²) in [6.07, 6.45) is 5.83. The zero-order valence-electron chi connectivity index (χ0n) is 20.1. The van der Waals surface area contributed by atoms with E-state index < -0.39 is 27.0 Å². The van der Waals surface area contributed by atoms with Gasteiger partial charge in [0.1, 0.15) is 6.10 Å². The first-order valence-corrected chi connectivity index (χ1v) is 13.1. The van der Waals surface area contributed by atoms with Gasteiger partial charge in [0, 0.05) is 47.2 Å². The SMILES string of the molecule is CCCCCCCC[Si](OC)(OC)OC(OC)C(OCC)(OCC)C(C)OCC. The van der Waals surface area contributed by atoms with Crippen LogP contribution in [0.1, 0.15) is 73.1 Å². The predicted octanol–water partition coefficient (Wildman–Crippen LogP) is 4.76. The van der Waals surface area contributed by atoms with Crippen LogP contribution in [0.5, 0.6) is 0 Å². The highest BCUT2D eigenvalue weighted by atomic mass is 28.4. The van der Waals surface area contributed by atoms with E-state index in [1.165, 1.54) is 25.7 Å². The van der Waals surface area contributed by atoms with E-state index in [1.807, 2.05) is 27.7 Å². The molecule has 0 N–H and O–H groups in total. The molecule has 0 aliphatic heterocycles. The van der Waals surface area contributed by atoms with E-state index in [2.05, 4.69) is 6.92 Å². The Morgan fingerprint density at radius 1 is 0.759 bits per heavy atom. The van der Waals surface area contributed by atoms with Crippen molar-refractivity contribution in [1.29, 1.82) is 0 Å². The van der Waals surface area contributed by atoms with Gasteiger partial charge in [-0.1, -0.05) is 39.0 Å². The molecule has 0 heterocycles. The summed E-state index contributed by atoms with van der Waals surface area (Å²) in [6, 6.07) is 0.712. The Morgan fingerprint density at radius 2 is 1.31 bits per heavy atom. The van der Waals surface area contributed by atoms with Gasteiger partial charge in [0.15, 0.2) is 0 Å². The van der Waals surface area contributed by atoms with Crippen molar-refractivity contribution in [2.24, 2.45) is 0 Å². The molecule has 0 radical (unpaired) electrons. The molecule has 0 aromatic rings. The third-order valence-corrected chi connectivity index (χ3v) is 7.79. The third-order valence-electron chi connectivity index (χ3n) is 5.01. The number of hydrogen-bond acceptors (Lipinski definition) is 7. The van der Waals surface area contributed by atoms with E-state index in [4.69, 9.17) is 32.2 Å². The molecular weight excluding hydrogens is 392 g/mol. The van der Waals surface area contributed by atoms with Crippen molar-refractivity contribution >= 4 is 8.80 Å². The molecule has 0 rings (SSSR count). The zero-order chi connectivity index (χ0) is 22.2. The summed E-state index contributed by atoms with van der Waals surface area (Å²) in [6.45, 7) is 11.2. The lowest BCUT2D eigenvalue weighted by Gasteiger charge is -2.44. The molecule has 0 spiro atoms. The van der Waals surface area contributed by atoms with Crippen LogP contribution in [-0.2, 0) is 32.2 Å². The minimum absolute atomic E-state index is 0.410. The Kier molecular flexibility index (Phi) is 16.6. The number of rotatable bonds is 20. The third kappa shape index (κ3) is 9.31. The highest BCUT2D eigenvalue weighted by molar-refractivity contribution is 6.60. The van der Waals surface area contributed by atoms with E-state index in [9.17, 15) is 0 Å². The summed E-state index contributed by atoms with van der Waals surface area (Å²) in [7, 11) is 1.87. The number of ether oxygens (including phenoxy) is 4. The van der Waals surface area contributed by atoms with E-state index >= 15 is 0 Å². The number of hydrogen-bond donors (Lipinski definition) is 0. The first-order valence-electron chi connectivity index (χ1n) is 11.2. The second-order valence-electron chi connectivity index (χ2n) is 6.98. The van der Waals surface area contributed by atoms with Crippen molar-refractivity contribution < 1.29 is 32.2 Å². The van der Waals surface area contributed by atoms with Crippen LogP contribution < -0.4 is 0 Å². The van der Waals surface area contributed by atoms with Crippen LogP contribution in [0, 0.1) is 0 Å². The van der Waals surface area contributed by atoms with E-state index in [-0.39, 0.29) is 0 Å². The largest absolute Gasteiger partial charge is 0.502 e. The fraction of sp³-hybridized carbons (Fsp3) is 1.00.